The van der Waals surface area contributed by atoms with Crippen LogP contribution < -0.4 is 10.2 Å². The van der Waals surface area contributed by atoms with Crippen molar-refractivity contribution in [3.63, 3.8) is 0 Å². The standard InChI is InChI=1S/C26H23FN4S/c1-17-16-20(18(2)30(17)23-14-7-6-12-21(23)27)25-24(22-13-8-9-15-28-22)29-26(32)31(25)19-10-4-3-5-11-19/h3-16,24-25H,1-2H3,(H,29,32)/t24-,25-/m1/s1. The second-order valence-corrected chi connectivity index (χ2v) is 8.33. The molecular weight excluding hydrogens is 419 g/mol. The predicted octanol–water partition coefficient (Wildman–Crippen LogP) is 5.81. The lowest BCUT2D eigenvalue weighted by atomic mass is 9.96. The molecule has 160 valence electrons. The minimum Gasteiger partial charge on any atom is -0.351 e. The summed E-state index contributed by atoms with van der Waals surface area (Å²) in [5, 5.41) is 4.13. The molecule has 5 rings (SSSR count). The molecule has 1 aliphatic heterocycles. The summed E-state index contributed by atoms with van der Waals surface area (Å²) < 4.78 is 16.7. The van der Waals surface area contributed by atoms with Gasteiger partial charge in [0.15, 0.2) is 5.11 Å². The van der Waals surface area contributed by atoms with E-state index in [0.717, 1.165) is 28.3 Å². The van der Waals surface area contributed by atoms with Gasteiger partial charge in [-0.25, -0.2) is 4.39 Å². The third-order valence-corrected chi connectivity index (χ3v) is 6.33. The summed E-state index contributed by atoms with van der Waals surface area (Å²) in [6, 6.07) is 24.7. The van der Waals surface area contributed by atoms with Crippen LogP contribution in [0.25, 0.3) is 5.69 Å². The molecule has 0 saturated carbocycles. The third kappa shape index (κ3) is 3.37. The second kappa shape index (κ2) is 8.20. The fourth-order valence-electron chi connectivity index (χ4n) is 4.63. The van der Waals surface area contributed by atoms with Gasteiger partial charge >= 0.3 is 0 Å². The van der Waals surface area contributed by atoms with Crippen molar-refractivity contribution in [1.29, 1.82) is 0 Å². The van der Waals surface area contributed by atoms with Gasteiger partial charge in [-0.1, -0.05) is 36.4 Å². The van der Waals surface area contributed by atoms with Crippen molar-refractivity contribution in [3.05, 3.63) is 114 Å². The predicted molar refractivity (Wildman–Crippen MR) is 130 cm³/mol. The number of nitrogens with one attached hydrogen (secondary N) is 1. The van der Waals surface area contributed by atoms with Crippen molar-refractivity contribution in [2.75, 3.05) is 4.90 Å². The van der Waals surface area contributed by atoms with E-state index in [9.17, 15) is 4.39 Å². The van der Waals surface area contributed by atoms with Gasteiger partial charge in [0.1, 0.15) is 5.82 Å². The minimum atomic E-state index is -0.248. The van der Waals surface area contributed by atoms with Gasteiger partial charge in [-0.15, -0.1) is 0 Å². The van der Waals surface area contributed by atoms with E-state index < -0.39 is 0 Å². The minimum absolute atomic E-state index is 0.133. The first-order chi connectivity index (χ1) is 15.6. The maximum atomic E-state index is 14.7. The van der Waals surface area contributed by atoms with Crippen molar-refractivity contribution in [3.8, 4) is 5.69 Å². The normalized spacial score (nSPS) is 18.1. The van der Waals surface area contributed by atoms with Crippen molar-refractivity contribution in [2.45, 2.75) is 25.9 Å². The van der Waals surface area contributed by atoms with E-state index in [4.69, 9.17) is 12.2 Å². The smallest absolute Gasteiger partial charge is 0.174 e. The molecule has 4 nitrogen and oxygen atoms in total. The number of hydrogen-bond donors (Lipinski definition) is 1. The van der Waals surface area contributed by atoms with E-state index >= 15 is 0 Å². The molecule has 0 unspecified atom stereocenters. The number of anilines is 1. The molecule has 0 spiro atoms. The number of para-hydroxylation sites is 2. The number of hydrogen-bond acceptors (Lipinski definition) is 2. The molecule has 2 atom stereocenters. The fraction of sp³-hybridized carbons (Fsp3) is 0.154. The highest BCUT2D eigenvalue weighted by molar-refractivity contribution is 7.80. The van der Waals surface area contributed by atoms with Gasteiger partial charge in [-0.2, -0.15) is 0 Å². The highest BCUT2D eigenvalue weighted by atomic mass is 32.1. The van der Waals surface area contributed by atoms with E-state index in [-0.39, 0.29) is 17.9 Å². The Morgan fingerprint density at radius 2 is 1.66 bits per heavy atom. The molecule has 0 amide bonds. The highest BCUT2D eigenvalue weighted by Gasteiger charge is 2.42. The van der Waals surface area contributed by atoms with Crippen LogP contribution in [0.1, 0.15) is 34.7 Å². The molecule has 1 N–H and O–H groups in total. The lowest BCUT2D eigenvalue weighted by molar-refractivity contribution is 0.564. The number of halogens is 1. The molecule has 0 bridgehead atoms. The van der Waals surface area contributed by atoms with Crippen molar-refractivity contribution >= 4 is 23.0 Å². The van der Waals surface area contributed by atoms with Gasteiger partial charge in [0, 0.05) is 23.3 Å². The van der Waals surface area contributed by atoms with Crippen LogP contribution in [0, 0.1) is 19.7 Å². The Balaban J connectivity index is 1.70. The van der Waals surface area contributed by atoms with Gasteiger partial charge in [-0.3, -0.25) is 4.98 Å². The van der Waals surface area contributed by atoms with Crippen LogP contribution in [0.15, 0.2) is 85.1 Å². The molecule has 32 heavy (non-hydrogen) atoms. The Morgan fingerprint density at radius 1 is 0.938 bits per heavy atom. The number of nitrogens with zero attached hydrogens (tertiary/aromatic N) is 3. The van der Waals surface area contributed by atoms with Crippen LogP contribution in [0.4, 0.5) is 10.1 Å². The number of aromatic nitrogens is 2. The first-order valence-electron chi connectivity index (χ1n) is 10.6. The maximum absolute atomic E-state index is 14.7. The molecule has 1 saturated heterocycles. The topological polar surface area (TPSA) is 33.1 Å². The van der Waals surface area contributed by atoms with E-state index in [0.29, 0.717) is 10.8 Å². The monoisotopic (exact) mass is 442 g/mol. The first kappa shape index (κ1) is 20.4. The van der Waals surface area contributed by atoms with Gasteiger partial charge in [0.25, 0.3) is 0 Å². The third-order valence-electron chi connectivity index (χ3n) is 6.01. The fourth-order valence-corrected chi connectivity index (χ4v) is 4.97. The Morgan fingerprint density at radius 3 is 2.38 bits per heavy atom. The van der Waals surface area contributed by atoms with Crippen LogP contribution >= 0.6 is 12.2 Å². The van der Waals surface area contributed by atoms with Gasteiger partial charge in [-0.05, 0) is 74.1 Å². The summed E-state index contributed by atoms with van der Waals surface area (Å²) in [4.78, 5) is 6.76. The van der Waals surface area contributed by atoms with Gasteiger partial charge < -0.3 is 14.8 Å². The molecule has 0 aliphatic carbocycles. The van der Waals surface area contributed by atoms with Crippen molar-refractivity contribution in [1.82, 2.24) is 14.9 Å². The average molecular weight is 443 g/mol. The van der Waals surface area contributed by atoms with E-state index in [1.54, 1.807) is 12.3 Å². The summed E-state index contributed by atoms with van der Waals surface area (Å²) >= 11 is 5.79. The Labute approximate surface area is 192 Å². The zero-order valence-corrected chi connectivity index (χ0v) is 18.7. The van der Waals surface area contributed by atoms with Gasteiger partial charge in [0.05, 0.1) is 23.5 Å². The van der Waals surface area contributed by atoms with Crippen LogP contribution in [0.5, 0.6) is 0 Å². The van der Waals surface area contributed by atoms with Crippen molar-refractivity contribution < 1.29 is 4.39 Å². The van der Waals surface area contributed by atoms with Crippen LogP contribution in [0.3, 0.4) is 0 Å². The number of thiocarbonyl (C=S) groups is 1. The number of benzene rings is 2. The van der Waals surface area contributed by atoms with Gasteiger partial charge in [0.2, 0.25) is 0 Å². The van der Waals surface area contributed by atoms with Crippen LogP contribution in [-0.2, 0) is 0 Å². The molecular formula is C26H23FN4S. The number of aryl methyl sites for hydroxylation is 1. The second-order valence-electron chi connectivity index (χ2n) is 7.95. The van der Waals surface area contributed by atoms with E-state index in [1.807, 2.05) is 66.9 Å². The molecule has 1 fully saturated rings. The SMILES string of the molecule is Cc1cc([C@@H]2[C@@H](c3ccccn3)NC(=S)N2c2ccccc2)c(C)n1-c1ccccc1F. The Hall–Kier alpha value is -3.51. The molecule has 4 aromatic rings. The summed E-state index contributed by atoms with van der Waals surface area (Å²) in [7, 11) is 0. The molecule has 6 heteroatoms. The van der Waals surface area contributed by atoms with Crippen molar-refractivity contribution in [2.24, 2.45) is 0 Å². The molecule has 2 aromatic heterocycles. The van der Waals surface area contributed by atoms with E-state index in [2.05, 4.69) is 33.4 Å². The number of pyridine rings is 1. The Bertz CT molecular complexity index is 1270. The van der Waals surface area contributed by atoms with Crippen LogP contribution in [0.2, 0.25) is 0 Å². The summed E-state index contributed by atoms with van der Waals surface area (Å²) in [6.45, 7) is 4.04. The highest BCUT2D eigenvalue weighted by Crippen LogP contribution is 2.43. The lowest BCUT2D eigenvalue weighted by Gasteiger charge is -2.28. The number of rotatable bonds is 4. The first-order valence-corrected chi connectivity index (χ1v) is 11.0. The molecule has 3 heterocycles. The molecule has 1 aliphatic rings. The summed E-state index contributed by atoms with van der Waals surface area (Å²) in [5.74, 6) is -0.248. The average Bonchev–Trinajstić information content (AvgIpc) is 3.31. The van der Waals surface area contributed by atoms with Crippen LogP contribution in [-0.4, -0.2) is 14.7 Å². The zero-order valence-electron chi connectivity index (χ0n) is 17.9. The molecule has 2 aromatic carbocycles. The zero-order chi connectivity index (χ0) is 22.2. The summed E-state index contributed by atoms with van der Waals surface area (Å²) in [6.07, 6.45) is 1.80. The Kier molecular flexibility index (Phi) is 5.23. The lowest BCUT2D eigenvalue weighted by Crippen LogP contribution is -2.29. The maximum Gasteiger partial charge on any atom is 0.174 e. The van der Waals surface area contributed by atoms with E-state index in [1.165, 1.54) is 6.07 Å². The quantitative estimate of drug-likeness (QED) is 0.405. The largest absolute Gasteiger partial charge is 0.351 e. The summed E-state index contributed by atoms with van der Waals surface area (Å²) in [5.41, 5.74) is 5.48. The molecule has 0 radical (unpaired) electrons.